The summed E-state index contributed by atoms with van der Waals surface area (Å²) in [7, 11) is -4.03. The highest BCUT2D eigenvalue weighted by Gasteiger charge is 2.25. The first-order valence-electron chi connectivity index (χ1n) is 7.17. The predicted octanol–water partition coefficient (Wildman–Crippen LogP) is 2.94. The van der Waals surface area contributed by atoms with Gasteiger partial charge in [0.2, 0.25) is 10.0 Å². The third-order valence-electron chi connectivity index (χ3n) is 3.77. The first-order chi connectivity index (χ1) is 9.90. The average Bonchev–Trinajstić information content (AvgIpc) is 2.36. The van der Waals surface area contributed by atoms with Crippen LogP contribution in [0, 0.1) is 11.6 Å². The Kier molecular flexibility index (Phi) is 5.16. The molecule has 0 unspecified atom stereocenters. The molecule has 0 atom stereocenters. The van der Waals surface area contributed by atoms with Crippen molar-refractivity contribution in [2.24, 2.45) is 0 Å². The number of rotatable bonds is 3. The summed E-state index contributed by atoms with van der Waals surface area (Å²) in [5, 5.41) is 0. The van der Waals surface area contributed by atoms with Gasteiger partial charge in [-0.15, -0.1) is 0 Å². The zero-order valence-corrected chi connectivity index (χ0v) is 12.6. The number of hydrogen-bond donors (Lipinski definition) is 2. The molecule has 2 rings (SSSR count). The van der Waals surface area contributed by atoms with Gasteiger partial charge in [0.1, 0.15) is 16.5 Å². The summed E-state index contributed by atoms with van der Waals surface area (Å²) >= 11 is 0. The summed E-state index contributed by atoms with van der Waals surface area (Å²) in [6.45, 7) is 0. The molecular formula is C14H20F2N2O2S. The summed E-state index contributed by atoms with van der Waals surface area (Å²) in [5.41, 5.74) is 4.95. The van der Waals surface area contributed by atoms with Crippen molar-refractivity contribution in [1.82, 2.24) is 4.72 Å². The van der Waals surface area contributed by atoms with E-state index in [4.69, 9.17) is 5.73 Å². The molecule has 1 fully saturated rings. The Bertz CT molecular complexity index is 597. The Labute approximate surface area is 123 Å². The van der Waals surface area contributed by atoms with Crippen LogP contribution in [0.15, 0.2) is 17.0 Å². The molecule has 0 bridgehead atoms. The van der Waals surface area contributed by atoms with Crippen LogP contribution >= 0.6 is 0 Å². The maximum atomic E-state index is 13.7. The van der Waals surface area contributed by atoms with Gasteiger partial charge < -0.3 is 5.73 Å². The van der Waals surface area contributed by atoms with Gasteiger partial charge in [-0.2, -0.15) is 0 Å². The summed E-state index contributed by atoms with van der Waals surface area (Å²) in [4.78, 5) is -0.594. The van der Waals surface area contributed by atoms with Crippen LogP contribution < -0.4 is 10.5 Å². The molecular weight excluding hydrogens is 298 g/mol. The topological polar surface area (TPSA) is 72.2 Å². The quantitative estimate of drug-likeness (QED) is 0.842. The third-order valence-corrected chi connectivity index (χ3v) is 5.30. The molecule has 1 aliphatic rings. The van der Waals surface area contributed by atoms with Crippen LogP contribution in [0.5, 0.6) is 0 Å². The average molecular weight is 318 g/mol. The van der Waals surface area contributed by atoms with Gasteiger partial charge in [0.25, 0.3) is 0 Å². The third kappa shape index (κ3) is 4.14. The molecule has 4 nitrogen and oxygen atoms in total. The second-order valence-electron chi connectivity index (χ2n) is 5.47. The van der Waals surface area contributed by atoms with Gasteiger partial charge in [-0.1, -0.05) is 32.1 Å². The molecule has 0 heterocycles. The van der Waals surface area contributed by atoms with Gasteiger partial charge in [0.05, 0.1) is 5.69 Å². The monoisotopic (exact) mass is 318 g/mol. The van der Waals surface area contributed by atoms with Crippen LogP contribution in [0.25, 0.3) is 0 Å². The lowest BCUT2D eigenvalue weighted by atomic mass is 9.97. The van der Waals surface area contributed by atoms with E-state index in [0.29, 0.717) is 6.07 Å². The van der Waals surface area contributed by atoms with E-state index >= 15 is 0 Å². The van der Waals surface area contributed by atoms with Gasteiger partial charge >= 0.3 is 0 Å². The number of hydrogen-bond acceptors (Lipinski definition) is 3. The molecule has 7 heteroatoms. The number of anilines is 1. The molecule has 0 aliphatic heterocycles. The zero-order valence-electron chi connectivity index (χ0n) is 11.7. The molecule has 0 saturated heterocycles. The van der Waals surface area contributed by atoms with Crippen molar-refractivity contribution in [3.8, 4) is 0 Å². The van der Waals surface area contributed by atoms with E-state index < -0.39 is 26.6 Å². The standard InChI is InChI=1S/C14H20F2N2O2S/c15-11-8-12(16)14(9-13(11)17)21(19,20)18-10-6-4-2-1-3-5-7-10/h8-10,18H,1-7,17H2. The summed E-state index contributed by atoms with van der Waals surface area (Å²) in [6, 6.07) is 1.12. The lowest BCUT2D eigenvalue weighted by molar-refractivity contribution is 0.425. The molecule has 0 amide bonds. The minimum absolute atomic E-state index is 0.207. The van der Waals surface area contributed by atoms with Crippen LogP contribution in [0.1, 0.15) is 44.9 Å². The number of nitrogen functional groups attached to an aromatic ring is 1. The zero-order chi connectivity index (χ0) is 15.5. The minimum Gasteiger partial charge on any atom is -0.396 e. The predicted molar refractivity (Wildman–Crippen MR) is 77.2 cm³/mol. The van der Waals surface area contributed by atoms with E-state index in [-0.39, 0.29) is 11.7 Å². The van der Waals surface area contributed by atoms with E-state index in [1.54, 1.807) is 0 Å². The SMILES string of the molecule is Nc1cc(S(=O)(=O)NC2CCCCCCC2)c(F)cc1F. The van der Waals surface area contributed by atoms with Crippen LogP contribution in [0.4, 0.5) is 14.5 Å². The molecule has 0 radical (unpaired) electrons. The van der Waals surface area contributed by atoms with Crippen LogP contribution in [0.3, 0.4) is 0 Å². The second kappa shape index (κ2) is 6.70. The van der Waals surface area contributed by atoms with E-state index in [0.717, 1.165) is 44.6 Å². The molecule has 118 valence electrons. The van der Waals surface area contributed by atoms with Crippen molar-refractivity contribution in [2.45, 2.75) is 55.9 Å². The van der Waals surface area contributed by atoms with Gasteiger partial charge in [-0.25, -0.2) is 21.9 Å². The fraction of sp³-hybridized carbons (Fsp3) is 0.571. The Morgan fingerprint density at radius 1 is 1.00 bits per heavy atom. The van der Waals surface area contributed by atoms with Crippen molar-refractivity contribution in [3.63, 3.8) is 0 Å². The normalized spacial score (nSPS) is 18.2. The Balaban J connectivity index is 2.19. The van der Waals surface area contributed by atoms with Crippen LogP contribution in [-0.4, -0.2) is 14.5 Å². The highest BCUT2D eigenvalue weighted by molar-refractivity contribution is 7.89. The molecule has 0 spiro atoms. The Morgan fingerprint density at radius 2 is 1.57 bits per heavy atom. The number of benzene rings is 1. The van der Waals surface area contributed by atoms with Gasteiger partial charge in [0.15, 0.2) is 0 Å². The highest BCUT2D eigenvalue weighted by atomic mass is 32.2. The largest absolute Gasteiger partial charge is 0.396 e. The van der Waals surface area contributed by atoms with Crippen molar-refractivity contribution < 1.29 is 17.2 Å². The first kappa shape index (κ1) is 16.2. The molecule has 1 aliphatic carbocycles. The lowest BCUT2D eigenvalue weighted by Gasteiger charge is -2.21. The second-order valence-corrected chi connectivity index (χ2v) is 7.15. The molecule has 3 N–H and O–H groups in total. The number of sulfonamides is 1. The molecule has 1 aromatic rings. The van der Waals surface area contributed by atoms with Crippen molar-refractivity contribution in [2.75, 3.05) is 5.73 Å². The fourth-order valence-corrected chi connectivity index (χ4v) is 4.01. The minimum atomic E-state index is -4.03. The first-order valence-corrected chi connectivity index (χ1v) is 8.65. The van der Waals surface area contributed by atoms with E-state index in [1.807, 2.05) is 0 Å². The van der Waals surface area contributed by atoms with Crippen LogP contribution in [-0.2, 0) is 10.0 Å². The summed E-state index contributed by atoms with van der Waals surface area (Å²) in [6.07, 6.45) is 6.69. The Morgan fingerprint density at radius 3 is 2.19 bits per heavy atom. The molecule has 1 saturated carbocycles. The maximum Gasteiger partial charge on any atom is 0.243 e. The number of nitrogens with two attached hydrogens (primary N) is 1. The van der Waals surface area contributed by atoms with Gasteiger partial charge in [-0.3, -0.25) is 0 Å². The molecule has 1 aromatic carbocycles. The van der Waals surface area contributed by atoms with E-state index in [1.165, 1.54) is 6.42 Å². The number of nitrogens with one attached hydrogen (secondary N) is 1. The summed E-state index contributed by atoms with van der Waals surface area (Å²) < 4.78 is 53.9. The molecule has 21 heavy (non-hydrogen) atoms. The van der Waals surface area contributed by atoms with Crippen molar-refractivity contribution in [3.05, 3.63) is 23.8 Å². The fourth-order valence-electron chi connectivity index (χ4n) is 2.61. The lowest BCUT2D eigenvalue weighted by Crippen LogP contribution is -2.35. The van der Waals surface area contributed by atoms with Gasteiger partial charge in [0, 0.05) is 12.1 Å². The van der Waals surface area contributed by atoms with Crippen molar-refractivity contribution >= 4 is 15.7 Å². The van der Waals surface area contributed by atoms with E-state index in [9.17, 15) is 17.2 Å². The summed E-state index contributed by atoms with van der Waals surface area (Å²) in [5.74, 6) is -2.09. The van der Waals surface area contributed by atoms with Crippen molar-refractivity contribution in [1.29, 1.82) is 0 Å². The van der Waals surface area contributed by atoms with Gasteiger partial charge in [-0.05, 0) is 18.9 Å². The Hall–Kier alpha value is -1.21. The highest BCUT2D eigenvalue weighted by Crippen LogP contribution is 2.23. The smallest absolute Gasteiger partial charge is 0.243 e. The van der Waals surface area contributed by atoms with E-state index in [2.05, 4.69) is 4.72 Å². The maximum absolute atomic E-state index is 13.7. The molecule has 0 aromatic heterocycles. The number of halogens is 2. The van der Waals surface area contributed by atoms with Crippen LogP contribution in [0.2, 0.25) is 0 Å².